The third-order valence-corrected chi connectivity index (χ3v) is 3.60. The van der Waals surface area contributed by atoms with Gasteiger partial charge in [-0.15, -0.1) is 0 Å². The number of aromatic nitrogens is 5. The van der Waals surface area contributed by atoms with Gasteiger partial charge in [0.1, 0.15) is 11.6 Å². The van der Waals surface area contributed by atoms with Crippen molar-refractivity contribution < 1.29 is 0 Å². The SMILES string of the molecule is CCCc1nc(N(C)Cc2cccnc2)c2cnn(C)c2n1. The molecule has 0 atom stereocenters. The molecule has 114 valence electrons. The van der Waals surface area contributed by atoms with Crippen LogP contribution in [0.5, 0.6) is 0 Å². The van der Waals surface area contributed by atoms with Crippen LogP contribution in [0.3, 0.4) is 0 Å². The third kappa shape index (κ3) is 2.77. The molecule has 22 heavy (non-hydrogen) atoms. The highest BCUT2D eigenvalue weighted by atomic mass is 15.3. The summed E-state index contributed by atoms with van der Waals surface area (Å²) in [5, 5.41) is 5.30. The van der Waals surface area contributed by atoms with Crippen LogP contribution in [0.25, 0.3) is 11.0 Å². The Morgan fingerprint density at radius 1 is 1.23 bits per heavy atom. The van der Waals surface area contributed by atoms with Crippen LogP contribution < -0.4 is 4.90 Å². The van der Waals surface area contributed by atoms with Crippen LogP contribution in [-0.4, -0.2) is 31.8 Å². The Balaban J connectivity index is 2.00. The Morgan fingerprint density at radius 2 is 2.09 bits per heavy atom. The van der Waals surface area contributed by atoms with Crippen molar-refractivity contribution in [2.24, 2.45) is 7.05 Å². The van der Waals surface area contributed by atoms with E-state index in [-0.39, 0.29) is 0 Å². The van der Waals surface area contributed by atoms with E-state index in [1.54, 1.807) is 10.9 Å². The predicted molar refractivity (Wildman–Crippen MR) is 86.6 cm³/mol. The zero-order valence-corrected chi connectivity index (χ0v) is 13.2. The monoisotopic (exact) mass is 296 g/mol. The van der Waals surface area contributed by atoms with Gasteiger partial charge < -0.3 is 4.90 Å². The molecular weight excluding hydrogens is 276 g/mol. The Hall–Kier alpha value is -2.50. The van der Waals surface area contributed by atoms with Crippen molar-refractivity contribution in [1.29, 1.82) is 0 Å². The van der Waals surface area contributed by atoms with Crippen LogP contribution in [0.15, 0.2) is 30.7 Å². The molecule has 3 heterocycles. The van der Waals surface area contributed by atoms with Gasteiger partial charge in [-0.25, -0.2) is 9.97 Å². The molecule has 0 saturated heterocycles. The van der Waals surface area contributed by atoms with Gasteiger partial charge in [-0.05, 0) is 18.1 Å². The summed E-state index contributed by atoms with van der Waals surface area (Å²) in [6, 6.07) is 4.02. The minimum absolute atomic E-state index is 0.750. The molecule has 0 fully saturated rings. The largest absolute Gasteiger partial charge is 0.355 e. The Morgan fingerprint density at radius 3 is 2.82 bits per heavy atom. The molecule has 3 aromatic heterocycles. The van der Waals surface area contributed by atoms with Crippen LogP contribution in [-0.2, 0) is 20.0 Å². The lowest BCUT2D eigenvalue weighted by Crippen LogP contribution is -2.19. The van der Waals surface area contributed by atoms with Gasteiger partial charge in [0, 0.05) is 39.5 Å². The Bertz CT molecular complexity index is 765. The lowest BCUT2D eigenvalue weighted by molar-refractivity contribution is 0.769. The second-order valence-electron chi connectivity index (χ2n) is 5.44. The Kier molecular flexibility index (Phi) is 4.00. The van der Waals surface area contributed by atoms with Gasteiger partial charge in [0.05, 0.1) is 11.6 Å². The Labute approximate surface area is 129 Å². The van der Waals surface area contributed by atoms with Gasteiger partial charge in [0.15, 0.2) is 5.65 Å². The number of nitrogens with zero attached hydrogens (tertiary/aromatic N) is 6. The van der Waals surface area contributed by atoms with Gasteiger partial charge in [-0.3, -0.25) is 9.67 Å². The average Bonchev–Trinajstić information content (AvgIpc) is 2.89. The van der Waals surface area contributed by atoms with Gasteiger partial charge >= 0.3 is 0 Å². The van der Waals surface area contributed by atoms with Gasteiger partial charge in [0.25, 0.3) is 0 Å². The summed E-state index contributed by atoms with van der Waals surface area (Å²) in [5.41, 5.74) is 2.03. The van der Waals surface area contributed by atoms with Crippen LogP contribution in [0.4, 0.5) is 5.82 Å². The number of hydrogen-bond acceptors (Lipinski definition) is 5. The molecule has 0 aromatic carbocycles. The highest BCUT2D eigenvalue weighted by molar-refractivity contribution is 5.86. The summed E-state index contributed by atoms with van der Waals surface area (Å²) in [6.45, 7) is 2.89. The molecule has 3 aromatic rings. The van der Waals surface area contributed by atoms with E-state index in [4.69, 9.17) is 4.98 Å². The molecule has 6 nitrogen and oxygen atoms in total. The van der Waals surface area contributed by atoms with Crippen molar-refractivity contribution in [1.82, 2.24) is 24.7 Å². The first kappa shape index (κ1) is 14.4. The topological polar surface area (TPSA) is 59.7 Å². The second-order valence-corrected chi connectivity index (χ2v) is 5.44. The normalized spacial score (nSPS) is 11.0. The molecule has 0 unspecified atom stereocenters. The van der Waals surface area contributed by atoms with Crippen molar-refractivity contribution in [3.8, 4) is 0 Å². The van der Waals surface area contributed by atoms with Gasteiger partial charge in [-0.2, -0.15) is 5.10 Å². The molecule has 0 N–H and O–H groups in total. The van der Waals surface area contributed by atoms with E-state index in [1.807, 2.05) is 32.6 Å². The number of rotatable bonds is 5. The van der Waals surface area contributed by atoms with Crippen molar-refractivity contribution in [3.63, 3.8) is 0 Å². The molecule has 6 heteroatoms. The fourth-order valence-electron chi connectivity index (χ4n) is 2.52. The van der Waals surface area contributed by atoms with E-state index >= 15 is 0 Å². The van der Waals surface area contributed by atoms with E-state index in [1.165, 1.54) is 0 Å². The lowest BCUT2D eigenvalue weighted by atomic mass is 10.2. The lowest BCUT2D eigenvalue weighted by Gasteiger charge is -2.19. The smallest absolute Gasteiger partial charge is 0.163 e. The van der Waals surface area contributed by atoms with Crippen LogP contribution in [0.2, 0.25) is 0 Å². The summed E-state index contributed by atoms with van der Waals surface area (Å²) >= 11 is 0. The molecule has 0 aliphatic carbocycles. The minimum Gasteiger partial charge on any atom is -0.355 e. The number of aryl methyl sites for hydroxylation is 2. The zero-order valence-electron chi connectivity index (χ0n) is 13.2. The summed E-state index contributed by atoms with van der Waals surface area (Å²) in [5.74, 6) is 1.79. The first-order chi connectivity index (χ1) is 10.7. The first-order valence-corrected chi connectivity index (χ1v) is 7.47. The maximum atomic E-state index is 4.74. The summed E-state index contributed by atoms with van der Waals surface area (Å²) in [7, 11) is 3.95. The van der Waals surface area contributed by atoms with E-state index in [2.05, 4.69) is 33.0 Å². The van der Waals surface area contributed by atoms with Crippen molar-refractivity contribution in [2.75, 3.05) is 11.9 Å². The fraction of sp³-hybridized carbons (Fsp3) is 0.375. The third-order valence-electron chi connectivity index (χ3n) is 3.60. The molecule has 0 aliphatic heterocycles. The van der Waals surface area contributed by atoms with E-state index in [0.29, 0.717) is 0 Å². The number of hydrogen-bond donors (Lipinski definition) is 0. The summed E-state index contributed by atoms with van der Waals surface area (Å²) in [6.07, 6.45) is 7.39. The standard InChI is InChI=1S/C16H20N6/c1-4-6-14-19-15(13-10-18-22(3)16(13)20-14)21(2)11-12-7-5-8-17-9-12/h5,7-10H,4,6,11H2,1-3H3. The van der Waals surface area contributed by atoms with Gasteiger partial charge in [-0.1, -0.05) is 13.0 Å². The molecule has 0 amide bonds. The molecule has 3 rings (SSSR count). The van der Waals surface area contributed by atoms with Crippen LogP contribution >= 0.6 is 0 Å². The molecular formula is C16H20N6. The van der Waals surface area contributed by atoms with Gasteiger partial charge in [0.2, 0.25) is 0 Å². The first-order valence-electron chi connectivity index (χ1n) is 7.47. The average molecular weight is 296 g/mol. The quantitative estimate of drug-likeness (QED) is 0.723. The van der Waals surface area contributed by atoms with Crippen LogP contribution in [0, 0.1) is 0 Å². The molecule has 0 saturated carbocycles. The van der Waals surface area contributed by atoms with Crippen LogP contribution in [0.1, 0.15) is 24.7 Å². The number of fused-ring (bicyclic) bond motifs is 1. The molecule has 0 bridgehead atoms. The maximum Gasteiger partial charge on any atom is 0.163 e. The minimum atomic E-state index is 0.750. The summed E-state index contributed by atoms with van der Waals surface area (Å²) in [4.78, 5) is 15.7. The zero-order chi connectivity index (χ0) is 15.5. The van der Waals surface area contributed by atoms with E-state index in [9.17, 15) is 0 Å². The highest BCUT2D eigenvalue weighted by Gasteiger charge is 2.14. The maximum absolute atomic E-state index is 4.74. The summed E-state index contributed by atoms with van der Waals surface area (Å²) < 4.78 is 1.80. The van der Waals surface area contributed by atoms with E-state index < -0.39 is 0 Å². The molecule has 0 aliphatic rings. The van der Waals surface area contributed by atoms with Crippen molar-refractivity contribution >= 4 is 16.9 Å². The van der Waals surface area contributed by atoms with Crippen molar-refractivity contribution in [2.45, 2.75) is 26.3 Å². The second kappa shape index (κ2) is 6.09. The predicted octanol–water partition coefficient (Wildman–Crippen LogP) is 2.35. The van der Waals surface area contributed by atoms with E-state index in [0.717, 1.165) is 47.6 Å². The number of anilines is 1. The molecule has 0 spiro atoms. The van der Waals surface area contributed by atoms with Crippen molar-refractivity contribution in [3.05, 3.63) is 42.1 Å². The molecule has 0 radical (unpaired) electrons. The highest BCUT2D eigenvalue weighted by Crippen LogP contribution is 2.24. The number of pyridine rings is 1. The fourth-order valence-corrected chi connectivity index (χ4v) is 2.52.